The fourth-order valence-electron chi connectivity index (χ4n) is 1.72. The molecule has 1 unspecified atom stereocenters. The number of urea groups is 1. The number of nitrogens with zero attached hydrogens (tertiary/aromatic N) is 1. The SMILES string of the molecule is CCC(CC)CNC(=O)N(CC(C)O)C(C)C. The molecule has 0 aromatic carbocycles. The number of hydrogen-bond acceptors (Lipinski definition) is 2. The van der Waals surface area contributed by atoms with Gasteiger partial charge in [-0.15, -0.1) is 0 Å². The predicted octanol–water partition coefficient (Wildman–Crippen LogP) is 2.22. The first kappa shape index (κ1) is 16.2. The molecule has 1 atom stereocenters. The van der Waals surface area contributed by atoms with E-state index < -0.39 is 6.10 Å². The molecule has 0 aliphatic rings. The van der Waals surface area contributed by atoms with E-state index in [1.165, 1.54) is 0 Å². The van der Waals surface area contributed by atoms with Crippen LogP contribution in [-0.2, 0) is 0 Å². The number of rotatable bonds is 7. The maximum atomic E-state index is 12.0. The number of aliphatic hydroxyl groups excluding tert-OH is 1. The van der Waals surface area contributed by atoms with Crippen LogP contribution in [0.15, 0.2) is 0 Å². The third-order valence-corrected chi connectivity index (χ3v) is 3.04. The molecule has 4 nitrogen and oxygen atoms in total. The van der Waals surface area contributed by atoms with Crippen LogP contribution in [0.25, 0.3) is 0 Å². The van der Waals surface area contributed by atoms with Crippen LogP contribution in [-0.4, -0.2) is 41.3 Å². The summed E-state index contributed by atoms with van der Waals surface area (Å²) in [7, 11) is 0. The average Bonchev–Trinajstić information content (AvgIpc) is 2.26. The van der Waals surface area contributed by atoms with Gasteiger partial charge in [-0.05, 0) is 26.7 Å². The molecule has 0 fully saturated rings. The van der Waals surface area contributed by atoms with Gasteiger partial charge in [-0.3, -0.25) is 0 Å². The Morgan fingerprint density at radius 1 is 1.24 bits per heavy atom. The zero-order valence-corrected chi connectivity index (χ0v) is 11.9. The molecule has 0 aromatic heterocycles. The Morgan fingerprint density at radius 2 is 1.76 bits per heavy atom. The molecule has 0 aliphatic carbocycles. The number of hydrogen-bond donors (Lipinski definition) is 2. The minimum atomic E-state index is -0.490. The Bertz CT molecular complexity index is 213. The predicted molar refractivity (Wildman–Crippen MR) is 71.0 cm³/mol. The normalized spacial score (nSPS) is 12.9. The van der Waals surface area contributed by atoms with E-state index in [-0.39, 0.29) is 12.1 Å². The van der Waals surface area contributed by atoms with E-state index in [1.807, 2.05) is 13.8 Å². The van der Waals surface area contributed by atoms with E-state index in [0.717, 1.165) is 19.4 Å². The van der Waals surface area contributed by atoms with Crippen molar-refractivity contribution < 1.29 is 9.90 Å². The second-order valence-electron chi connectivity index (χ2n) is 4.96. The summed E-state index contributed by atoms with van der Waals surface area (Å²) in [4.78, 5) is 13.6. The van der Waals surface area contributed by atoms with Gasteiger partial charge in [0.25, 0.3) is 0 Å². The van der Waals surface area contributed by atoms with Crippen molar-refractivity contribution in [3.05, 3.63) is 0 Å². The van der Waals surface area contributed by atoms with Crippen molar-refractivity contribution >= 4 is 6.03 Å². The third kappa shape index (κ3) is 6.51. The Balaban J connectivity index is 4.23. The van der Waals surface area contributed by atoms with Crippen molar-refractivity contribution in [3.8, 4) is 0 Å². The zero-order valence-electron chi connectivity index (χ0n) is 11.9. The summed E-state index contributed by atoms with van der Waals surface area (Å²) in [5.41, 5.74) is 0. The third-order valence-electron chi connectivity index (χ3n) is 3.04. The maximum Gasteiger partial charge on any atom is 0.317 e. The smallest absolute Gasteiger partial charge is 0.317 e. The van der Waals surface area contributed by atoms with E-state index in [1.54, 1.807) is 11.8 Å². The van der Waals surface area contributed by atoms with Gasteiger partial charge in [-0.1, -0.05) is 26.7 Å². The highest BCUT2D eigenvalue weighted by molar-refractivity contribution is 5.74. The second kappa shape index (κ2) is 8.34. The molecule has 2 amide bonds. The second-order valence-corrected chi connectivity index (χ2v) is 4.96. The molecule has 102 valence electrons. The van der Waals surface area contributed by atoms with Gasteiger partial charge in [-0.25, -0.2) is 4.79 Å². The summed E-state index contributed by atoms with van der Waals surface area (Å²) >= 11 is 0. The molecular weight excluding hydrogens is 216 g/mol. The average molecular weight is 244 g/mol. The molecule has 17 heavy (non-hydrogen) atoms. The molecule has 0 saturated carbocycles. The van der Waals surface area contributed by atoms with E-state index in [9.17, 15) is 9.90 Å². The first-order valence-corrected chi connectivity index (χ1v) is 6.64. The van der Waals surface area contributed by atoms with Gasteiger partial charge in [0.05, 0.1) is 6.10 Å². The lowest BCUT2D eigenvalue weighted by molar-refractivity contribution is 0.118. The zero-order chi connectivity index (χ0) is 13.4. The van der Waals surface area contributed by atoms with Crippen molar-refractivity contribution in [1.29, 1.82) is 0 Å². The first-order valence-electron chi connectivity index (χ1n) is 6.64. The fourth-order valence-corrected chi connectivity index (χ4v) is 1.72. The molecule has 0 bridgehead atoms. The van der Waals surface area contributed by atoms with Crippen molar-refractivity contribution in [3.63, 3.8) is 0 Å². The molecule has 4 heteroatoms. The monoisotopic (exact) mass is 244 g/mol. The highest BCUT2D eigenvalue weighted by Gasteiger charge is 2.18. The molecule has 2 N–H and O–H groups in total. The van der Waals surface area contributed by atoms with Crippen LogP contribution in [0.2, 0.25) is 0 Å². The largest absolute Gasteiger partial charge is 0.392 e. The lowest BCUT2D eigenvalue weighted by Gasteiger charge is -2.28. The first-order chi connectivity index (χ1) is 7.92. The van der Waals surface area contributed by atoms with Crippen molar-refractivity contribution in [2.24, 2.45) is 5.92 Å². The Hall–Kier alpha value is -0.770. The van der Waals surface area contributed by atoms with Crippen LogP contribution < -0.4 is 5.32 Å². The Labute approximate surface area is 105 Å². The molecular formula is C13H28N2O2. The minimum Gasteiger partial charge on any atom is -0.392 e. The van der Waals surface area contributed by atoms with Gasteiger partial charge < -0.3 is 15.3 Å². The van der Waals surface area contributed by atoms with Crippen LogP contribution in [0.3, 0.4) is 0 Å². The van der Waals surface area contributed by atoms with Gasteiger partial charge >= 0.3 is 6.03 Å². The number of carbonyl (C=O) groups excluding carboxylic acids is 1. The molecule has 0 aliphatic heterocycles. The number of amides is 2. The van der Waals surface area contributed by atoms with Crippen LogP contribution in [0, 0.1) is 5.92 Å². The van der Waals surface area contributed by atoms with Crippen LogP contribution in [0.5, 0.6) is 0 Å². The quantitative estimate of drug-likeness (QED) is 0.721. The van der Waals surface area contributed by atoms with Gasteiger partial charge in [0.2, 0.25) is 0 Å². The Morgan fingerprint density at radius 3 is 2.12 bits per heavy atom. The molecule has 0 radical (unpaired) electrons. The standard InChI is InChI=1S/C13H28N2O2/c1-6-12(7-2)8-14-13(17)15(10(3)4)9-11(5)16/h10-12,16H,6-9H2,1-5H3,(H,14,17). The van der Waals surface area contributed by atoms with Crippen LogP contribution in [0.4, 0.5) is 4.79 Å². The number of aliphatic hydroxyl groups is 1. The molecule has 0 spiro atoms. The van der Waals surface area contributed by atoms with E-state index in [0.29, 0.717) is 12.5 Å². The molecule has 0 saturated heterocycles. The minimum absolute atomic E-state index is 0.0761. The van der Waals surface area contributed by atoms with Crippen molar-refractivity contribution in [2.75, 3.05) is 13.1 Å². The highest BCUT2D eigenvalue weighted by atomic mass is 16.3. The van der Waals surface area contributed by atoms with Gasteiger partial charge in [0.1, 0.15) is 0 Å². The van der Waals surface area contributed by atoms with Crippen LogP contribution in [0.1, 0.15) is 47.5 Å². The van der Waals surface area contributed by atoms with Gasteiger partial charge in [0.15, 0.2) is 0 Å². The molecule has 0 rings (SSSR count). The summed E-state index contributed by atoms with van der Waals surface area (Å²) in [5.74, 6) is 0.541. The Kier molecular flexibility index (Phi) is 7.96. The summed E-state index contributed by atoms with van der Waals surface area (Å²) in [6.07, 6.45) is 1.67. The van der Waals surface area contributed by atoms with Gasteiger partial charge in [-0.2, -0.15) is 0 Å². The van der Waals surface area contributed by atoms with Crippen LogP contribution >= 0.6 is 0 Å². The lowest BCUT2D eigenvalue weighted by atomic mass is 10.0. The lowest BCUT2D eigenvalue weighted by Crippen LogP contribution is -2.47. The van der Waals surface area contributed by atoms with Crippen molar-refractivity contribution in [2.45, 2.75) is 59.6 Å². The van der Waals surface area contributed by atoms with Gasteiger partial charge in [0, 0.05) is 19.1 Å². The summed E-state index contributed by atoms with van der Waals surface area (Å²) in [5, 5.41) is 12.3. The summed E-state index contributed by atoms with van der Waals surface area (Å²) in [6, 6.07) is 0.0269. The summed E-state index contributed by atoms with van der Waals surface area (Å²) < 4.78 is 0. The topological polar surface area (TPSA) is 52.6 Å². The highest BCUT2D eigenvalue weighted by Crippen LogP contribution is 2.06. The maximum absolute atomic E-state index is 12.0. The summed E-state index contributed by atoms with van der Waals surface area (Å²) in [6.45, 7) is 11.0. The number of nitrogens with one attached hydrogen (secondary N) is 1. The molecule has 0 heterocycles. The van der Waals surface area contributed by atoms with E-state index in [2.05, 4.69) is 19.2 Å². The molecule has 0 aromatic rings. The van der Waals surface area contributed by atoms with E-state index in [4.69, 9.17) is 0 Å². The number of carbonyl (C=O) groups is 1. The van der Waals surface area contributed by atoms with E-state index >= 15 is 0 Å². The fraction of sp³-hybridized carbons (Fsp3) is 0.923. The van der Waals surface area contributed by atoms with Crippen molar-refractivity contribution in [1.82, 2.24) is 10.2 Å².